The summed E-state index contributed by atoms with van der Waals surface area (Å²) < 4.78 is 32.9. The summed E-state index contributed by atoms with van der Waals surface area (Å²) in [5.41, 5.74) is 0.427. The van der Waals surface area contributed by atoms with Crippen LogP contribution in [-0.4, -0.2) is 250 Å². The van der Waals surface area contributed by atoms with Gasteiger partial charge < -0.3 is 49.4 Å². The Hall–Kier alpha value is -3.52. The van der Waals surface area contributed by atoms with Crippen LogP contribution in [0.4, 0.5) is 5.69 Å². The molecule has 0 radical (unpaired) electrons. The molecule has 80 heavy (non-hydrogen) atoms. The van der Waals surface area contributed by atoms with E-state index in [1.54, 1.807) is 0 Å². The van der Waals surface area contributed by atoms with Crippen LogP contribution in [0.1, 0.15) is 12.8 Å². The fourth-order valence-corrected chi connectivity index (χ4v) is 6.27. The van der Waals surface area contributed by atoms with E-state index in [1.165, 1.54) is 36.4 Å². The van der Waals surface area contributed by atoms with Gasteiger partial charge in [0, 0.05) is 17.8 Å². The topological polar surface area (TPSA) is 406 Å². The van der Waals surface area contributed by atoms with Crippen LogP contribution in [0, 0.1) is 0 Å². The minimum absolute atomic E-state index is 0.0369. The van der Waals surface area contributed by atoms with Crippen LogP contribution in [0.2, 0.25) is 0 Å². The van der Waals surface area contributed by atoms with Gasteiger partial charge in [0.15, 0.2) is 0 Å². The molecule has 2 aliphatic heterocycles. The molecule has 3 amide bonds. The van der Waals surface area contributed by atoms with Crippen molar-refractivity contribution in [1.82, 2.24) is 4.90 Å². The molecular formula is C44H73N2O33P. The van der Waals surface area contributed by atoms with Gasteiger partial charge in [0.25, 0.3) is 11.8 Å². The number of nitrogens with zero attached hydrogens (tertiary/aromatic N) is 1. The molecule has 36 heteroatoms. The number of carbonyl (C=O) groups excluding carboxylic acids is 3. The van der Waals surface area contributed by atoms with Gasteiger partial charge in [0.1, 0.15) is 156 Å². The second-order valence-corrected chi connectivity index (χ2v) is 17.2. The number of carbonyl (C=O) groups is 3. The Morgan fingerprint density at radius 2 is 0.812 bits per heavy atom. The summed E-state index contributed by atoms with van der Waals surface area (Å²) >= 11 is 0. The molecule has 1 saturated heterocycles. The monoisotopic (exact) mass is 1190 g/mol. The highest BCUT2D eigenvalue weighted by molar-refractivity contribution is 7.51. The molecular weight excluding hydrogens is 1120 g/mol. The van der Waals surface area contributed by atoms with E-state index >= 15 is 0 Å². The van der Waals surface area contributed by atoms with Crippen LogP contribution in [0.25, 0.3) is 0 Å². The quantitative estimate of drug-likeness (QED) is 0.0138. The smallest absolute Gasteiger partial charge is 0.325 e. The second kappa shape index (κ2) is 46.9. The van der Waals surface area contributed by atoms with Crippen molar-refractivity contribution in [3.63, 3.8) is 0 Å². The lowest BCUT2D eigenvalue weighted by Gasteiger charge is -2.40. The Balaban J connectivity index is 0.921. The van der Waals surface area contributed by atoms with E-state index in [1.807, 2.05) is 0 Å². The lowest BCUT2D eigenvalue weighted by molar-refractivity contribution is -0.379. The van der Waals surface area contributed by atoms with Crippen LogP contribution in [0.5, 0.6) is 5.75 Å². The Morgan fingerprint density at radius 1 is 0.475 bits per heavy atom. The van der Waals surface area contributed by atoms with Gasteiger partial charge in [-0.15, -0.1) is 0 Å². The first-order valence-corrected chi connectivity index (χ1v) is 26.7. The zero-order valence-electron chi connectivity index (χ0n) is 43.7. The summed E-state index contributed by atoms with van der Waals surface area (Å²) in [4.78, 5) is 153. The van der Waals surface area contributed by atoms with Gasteiger partial charge in [-0.1, -0.05) is 0 Å². The number of nitrogens with one attached hydrogen (secondary N) is 1. The number of amides is 3. The number of aliphatic hydroxyl groups excluding tert-OH is 3. The van der Waals surface area contributed by atoms with E-state index in [4.69, 9.17) is 126 Å². The maximum absolute atomic E-state index is 12.3. The number of aliphatic hydroxyl groups is 3. The van der Waals surface area contributed by atoms with Gasteiger partial charge in [-0.05, 0) is 30.7 Å². The third-order valence-corrected chi connectivity index (χ3v) is 10.1. The number of anilines is 1. The molecule has 0 saturated carbocycles. The third kappa shape index (κ3) is 36.8. The first-order chi connectivity index (χ1) is 38.9. The van der Waals surface area contributed by atoms with Crippen molar-refractivity contribution in [2.45, 2.75) is 43.5 Å². The number of imide groups is 1. The average Bonchev–Trinajstić information content (AvgIpc) is 3.76. The van der Waals surface area contributed by atoms with Gasteiger partial charge in [0.2, 0.25) is 12.2 Å². The molecule has 0 aliphatic carbocycles. The van der Waals surface area contributed by atoms with E-state index in [0.29, 0.717) is 5.69 Å². The summed E-state index contributed by atoms with van der Waals surface area (Å²) in [6.07, 6.45) is -5.96. The zero-order chi connectivity index (χ0) is 57.6. The van der Waals surface area contributed by atoms with Crippen LogP contribution >= 0.6 is 7.60 Å². The van der Waals surface area contributed by atoms with Crippen molar-refractivity contribution in [2.75, 3.05) is 177 Å². The van der Waals surface area contributed by atoms with Gasteiger partial charge in [-0.3, -0.25) is 23.8 Å². The molecule has 462 valence electrons. The first kappa shape index (κ1) is 70.7. The number of benzene rings is 1. The predicted octanol–water partition coefficient (Wildman–Crippen LogP) is -1.79. The van der Waals surface area contributed by atoms with E-state index < -0.39 is 44.5 Å². The first-order valence-electron chi connectivity index (χ1n) is 24.9. The largest absolute Gasteiger partial charge is 0.462 e. The van der Waals surface area contributed by atoms with E-state index in [0.717, 1.165) is 4.90 Å². The SMILES string of the molecule is O=C(CCOCCOOCCOOCCOOCCOOCCOOCCOOCCOOCCOOCCOOCCOOCCOCCN1C(=O)C=CC1=O)Nc1ccc(O[C@H]2O[C@H](CCP(=O)(O)O)[C@@H](O)[C@H](O)[C@@H]2O)cc1. The van der Waals surface area contributed by atoms with Gasteiger partial charge >= 0.3 is 7.60 Å². The third-order valence-electron chi connectivity index (χ3n) is 9.30. The number of rotatable bonds is 55. The second-order valence-electron chi connectivity index (χ2n) is 15.5. The maximum Gasteiger partial charge on any atom is 0.325 e. The van der Waals surface area contributed by atoms with Crippen molar-refractivity contribution >= 4 is 31.0 Å². The molecule has 0 bridgehead atoms. The van der Waals surface area contributed by atoms with E-state index in [9.17, 15) is 34.3 Å². The fraction of sp³-hybridized carbons (Fsp3) is 0.750. The molecule has 3 rings (SSSR count). The molecule has 2 aliphatic rings. The zero-order valence-corrected chi connectivity index (χ0v) is 44.6. The van der Waals surface area contributed by atoms with E-state index in [-0.39, 0.29) is 201 Å². The number of hydrogen-bond donors (Lipinski definition) is 6. The molecule has 6 N–H and O–H groups in total. The molecule has 2 heterocycles. The van der Waals surface area contributed by atoms with Gasteiger partial charge in [-0.2, -0.15) is 0 Å². The minimum atomic E-state index is -4.39. The lowest BCUT2D eigenvalue weighted by Crippen LogP contribution is -2.59. The van der Waals surface area contributed by atoms with Crippen LogP contribution in [0.15, 0.2) is 36.4 Å². The Labute approximate surface area is 458 Å². The summed E-state index contributed by atoms with van der Waals surface area (Å²) in [6, 6.07) is 5.97. The van der Waals surface area contributed by atoms with Crippen molar-refractivity contribution in [3.8, 4) is 5.75 Å². The van der Waals surface area contributed by atoms with Crippen LogP contribution < -0.4 is 10.1 Å². The number of hydrogen-bond acceptors (Lipinski definition) is 31. The molecule has 0 unspecified atom stereocenters. The van der Waals surface area contributed by atoms with E-state index in [2.05, 4.69) is 5.32 Å². The standard InChI is InChI=1S/C44H73N2O33P/c47-38(45-35-1-3-36(4-2-35)78-44-43(52)42(51)41(50)37(79-44)8-34-80(53,54)55)7-10-56-12-14-58-60-16-18-62-64-20-22-66-68-24-26-70-72-28-30-74-76-32-33-77-75-31-29-73-71-27-25-69-67-23-21-65-63-19-17-61-59-15-13-57-11-9-46-39(48)5-6-40(46)49/h1-6,37,41-44,50-52H,7-34H2,(H,45,47)(H2,53,54,55)/t37-,41-,42+,43+,44+/m1/s1. The lowest BCUT2D eigenvalue weighted by atomic mass is 9.97. The summed E-state index contributed by atoms with van der Waals surface area (Å²) in [5, 5.41) is 33.3. The predicted molar refractivity (Wildman–Crippen MR) is 255 cm³/mol. The molecule has 1 fully saturated rings. The highest BCUT2D eigenvalue weighted by atomic mass is 31.2. The Bertz CT molecular complexity index is 1770. The molecule has 1 aromatic carbocycles. The Morgan fingerprint density at radius 3 is 1.16 bits per heavy atom. The summed E-state index contributed by atoms with van der Waals surface area (Å²) in [7, 11) is -4.39. The highest BCUT2D eigenvalue weighted by Gasteiger charge is 2.45. The van der Waals surface area contributed by atoms with Crippen molar-refractivity contribution in [1.29, 1.82) is 0 Å². The normalized spacial score (nSPS) is 18.5. The minimum Gasteiger partial charge on any atom is -0.462 e. The number of ether oxygens (including phenoxy) is 4. The molecule has 1 aromatic rings. The highest BCUT2D eigenvalue weighted by Crippen LogP contribution is 2.37. The maximum atomic E-state index is 12.3. The van der Waals surface area contributed by atoms with Crippen LogP contribution in [-0.2, 0) is 131 Å². The van der Waals surface area contributed by atoms with Crippen molar-refractivity contribution < 1.29 is 161 Å². The van der Waals surface area contributed by atoms with Gasteiger partial charge in [0.05, 0.1) is 51.7 Å². The fourth-order valence-electron chi connectivity index (χ4n) is 5.68. The Kier molecular flexibility index (Phi) is 41.5. The summed E-state index contributed by atoms with van der Waals surface area (Å²) in [6.45, 7) is 2.41. The molecule has 0 spiro atoms. The van der Waals surface area contributed by atoms with Gasteiger partial charge in [-0.25, -0.2) is 97.8 Å². The molecule has 5 atom stereocenters. The summed E-state index contributed by atoms with van der Waals surface area (Å²) in [5.74, 6) is -0.869. The molecule has 0 aromatic heterocycles. The van der Waals surface area contributed by atoms with Crippen LogP contribution in [0.3, 0.4) is 0 Å². The molecule has 35 nitrogen and oxygen atoms in total. The van der Waals surface area contributed by atoms with Crippen molar-refractivity contribution in [3.05, 3.63) is 36.4 Å². The average molecular weight is 1190 g/mol. The van der Waals surface area contributed by atoms with Crippen molar-refractivity contribution in [2.24, 2.45) is 0 Å².